The molecule has 0 aliphatic rings. The number of halogens is 1. The van der Waals surface area contributed by atoms with Crippen LogP contribution in [0.3, 0.4) is 0 Å². The molecule has 122 valence electrons. The molecule has 22 heavy (non-hydrogen) atoms. The maximum atomic E-state index is 11.9. The highest BCUT2D eigenvalue weighted by Crippen LogP contribution is 2.16. The van der Waals surface area contributed by atoms with Crippen LogP contribution in [0.15, 0.2) is 24.3 Å². The second-order valence-electron chi connectivity index (χ2n) is 6.08. The normalized spacial score (nSPS) is 12.6. The molecule has 0 aliphatic heterocycles. The van der Waals surface area contributed by atoms with E-state index in [1.807, 2.05) is 32.9 Å². The molecule has 1 aromatic rings. The van der Waals surface area contributed by atoms with Crippen LogP contribution in [0, 0.1) is 0 Å². The predicted octanol–water partition coefficient (Wildman–Crippen LogP) is 3.94. The summed E-state index contributed by atoms with van der Waals surface area (Å²) in [6, 6.07) is 7.43. The molecule has 1 rings (SSSR count). The second-order valence-corrected chi connectivity index (χ2v) is 7.59. The van der Waals surface area contributed by atoms with E-state index < -0.39 is 5.60 Å². The number of esters is 2. The fraction of sp³-hybridized carbons (Fsp3) is 0.529. The lowest BCUT2D eigenvalue weighted by atomic mass is 10.0. The van der Waals surface area contributed by atoms with Crippen LogP contribution in [0.1, 0.15) is 49.5 Å². The number of hydrogen-bond acceptors (Lipinski definition) is 4. The first-order valence-corrected chi connectivity index (χ1v) is 8.51. The molecule has 0 fully saturated rings. The van der Waals surface area contributed by atoms with E-state index in [1.165, 1.54) is 7.11 Å². The number of hydrogen-bond donors (Lipinski definition) is 0. The molecule has 1 atom stereocenters. The highest BCUT2D eigenvalue weighted by atomic mass is 127. The second kappa shape index (κ2) is 8.50. The van der Waals surface area contributed by atoms with Gasteiger partial charge in [-0.3, -0.25) is 4.79 Å². The topological polar surface area (TPSA) is 52.6 Å². The number of carbonyl (C=O) groups excluding carboxylic acids is 2. The monoisotopic (exact) mass is 418 g/mol. The van der Waals surface area contributed by atoms with Gasteiger partial charge in [0.05, 0.1) is 12.7 Å². The molecule has 0 amide bonds. The Kier molecular flexibility index (Phi) is 7.32. The van der Waals surface area contributed by atoms with Gasteiger partial charge in [0.2, 0.25) is 0 Å². The molecule has 0 spiro atoms. The third-order valence-corrected chi connectivity index (χ3v) is 4.10. The third kappa shape index (κ3) is 6.77. The van der Waals surface area contributed by atoms with E-state index in [0.29, 0.717) is 5.56 Å². The summed E-state index contributed by atoms with van der Waals surface area (Å²) in [5, 5.41) is 0. The third-order valence-electron chi connectivity index (χ3n) is 2.97. The van der Waals surface area contributed by atoms with Gasteiger partial charge in [0.15, 0.2) is 0 Å². The molecule has 0 N–H and O–H groups in total. The highest BCUT2D eigenvalue weighted by Gasteiger charge is 2.18. The minimum absolute atomic E-state index is 0.108. The zero-order valence-electron chi connectivity index (χ0n) is 13.5. The summed E-state index contributed by atoms with van der Waals surface area (Å²) in [5.74, 6) is -0.488. The van der Waals surface area contributed by atoms with Crippen molar-refractivity contribution in [1.29, 1.82) is 0 Å². The zero-order valence-corrected chi connectivity index (χ0v) is 15.7. The van der Waals surface area contributed by atoms with Gasteiger partial charge in [-0.25, -0.2) is 4.79 Å². The fourth-order valence-electron chi connectivity index (χ4n) is 1.88. The number of aryl methyl sites for hydroxylation is 1. The van der Waals surface area contributed by atoms with Crippen LogP contribution in [0.2, 0.25) is 0 Å². The Balaban J connectivity index is 2.48. The molecule has 0 saturated heterocycles. The first kappa shape index (κ1) is 18.9. The SMILES string of the molecule is COC(=O)C(I)CCCc1ccc(C(=O)OC(C)(C)C)cc1. The largest absolute Gasteiger partial charge is 0.468 e. The number of rotatable bonds is 6. The number of alkyl halides is 1. The average molecular weight is 418 g/mol. The molecule has 0 aliphatic carbocycles. The molecule has 0 radical (unpaired) electrons. The molecular weight excluding hydrogens is 395 g/mol. The molecule has 1 unspecified atom stereocenters. The smallest absolute Gasteiger partial charge is 0.338 e. The lowest BCUT2D eigenvalue weighted by Crippen LogP contribution is -2.23. The Morgan fingerprint density at radius 1 is 1.18 bits per heavy atom. The minimum Gasteiger partial charge on any atom is -0.468 e. The maximum Gasteiger partial charge on any atom is 0.338 e. The predicted molar refractivity (Wildman–Crippen MR) is 94.4 cm³/mol. The van der Waals surface area contributed by atoms with Crippen LogP contribution in [0.25, 0.3) is 0 Å². The molecular formula is C17H23IO4. The van der Waals surface area contributed by atoms with Gasteiger partial charge in [0, 0.05) is 0 Å². The molecule has 0 aromatic heterocycles. The van der Waals surface area contributed by atoms with E-state index in [-0.39, 0.29) is 15.9 Å². The zero-order chi connectivity index (χ0) is 16.8. The van der Waals surface area contributed by atoms with Crippen molar-refractivity contribution < 1.29 is 19.1 Å². The highest BCUT2D eigenvalue weighted by molar-refractivity contribution is 14.1. The quantitative estimate of drug-likeness (QED) is 0.399. The first-order valence-electron chi connectivity index (χ1n) is 7.27. The van der Waals surface area contributed by atoms with Crippen molar-refractivity contribution in [1.82, 2.24) is 0 Å². The number of benzene rings is 1. The molecule has 1 aromatic carbocycles. The summed E-state index contributed by atoms with van der Waals surface area (Å²) in [4.78, 5) is 23.2. The number of methoxy groups -OCH3 is 1. The Hall–Kier alpha value is -1.11. The number of ether oxygens (including phenoxy) is 2. The Bertz CT molecular complexity index is 502. The summed E-state index contributed by atoms with van der Waals surface area (Å²) in [6.07, 6.45) is 2.54. The van der Waals surface area contributed by atoms with Crippen molar-refractivity contribution in [2.75, 3.05) is 7.11 Å². The summed E-state index contributed by atoms with van der Waals surface area (Å²) in [7, 11) is 1.41. The lowest BCUT2D eigenvalue weighted by Gasteiger charge is -2.19. The molecule has 5 heteroatoms. The van der Waals surface area contributed by atoms with Crippen molar-refractivity contribution in [3.63, 3.8) is 0 Å². The summed E-state index contributed by atoms with van der Waals surface area (Å²) in [6.45, 7) is 5.54. The van der Waals surface area contributed by atoms with Gasteiger partial charge >= 0.3 is 11.9 Å². The number of carbonyl (C=O) groups is 2. The van der Waals surface area contributed by atoms with E-state index >= 15 is 0 Å². The Labute approximate surface area is 145 Å². The first-order chi connectivity index (χ1) is 10.2. The van der Waals surface area contributed by atoms with Crippen LogP contribution in [0.5, 0.6) is 0 Å². The van der Waals surface area contributed by atoms with Crippen LogP contribution >= 0.6 is 22.6 Å². The van der Waals surface area contributed by atoms with Crippen LogP contribution in [-0.4, -0.2) is 28.6 Å². The van der Waals surface area contributed by atoms with Crippen molar-refractivity contribution in [2.45, 2.75) is 49.6 Å². The minimum atomic E-state index is -0.487. The van der Waals surface area contributed by atoms with Gasteiger partial charge in [-0.1, -0.05) is 34.7 Å². The van der Waals surface area contributed by atoms with E-state index in [0.717, 1.165) is 24.8 Å². The van der Waals surface area contributed by atoms with Crippen LogP contribution in [-0.2, 0) is 20.7 Å². The van der Waals surface area contributed by atoms with Crippen molar-refractivity contribution in [3.8, 4) is 0 Å². The summed E-state index contributed by atoms with van der Waals surface area (Å²) in [5.41, 5.74) is 1.21. The maximum absolute atomic E-state index is 11.9. The van der Waals surface area contributed by atoms with E-state index in [1.54, 1.807) is 12.1 Å². The molecule has 4 nitrogen and oxygen atoms in total. The van der Waals surface area contributed by atoms with E-state index in [2.05, 4.69) is 22.6 Å². The standard InChI is InChI=1S/C17H23IO4/c1-17(2,3)22-15(19)13-10-8-12(9-11-13)6-5-7-14(18)16(20)21-4/h8-11,14H,5-7H2,1-4H3. The van der Waals surface area contributed by atoms with Crippen molar-refractivity contribution in [3.05, 3.63) is 35.4 Å². The molecule has 0 saturated carbocycles. The van der Waals surface area contributed by atoms with Gasteiger partial charge in [-0.05, 0) is 57.7 Å². The van der Waals surface area contributed by atoms with Gasteiger partial charge in [-0.15, -0.1) is 0 Å². The Morgan fingerprint density at radius 3 is 2.27 bits per heavy atom. The van der Waals surface area contributed by atoms with E-state index in [9.17, 15) is 9.59 Å². The Morgan fingerprint density at radius 2 is 1.77 bits per heavy atom. The average Bonchev–Trinajstić information content (AvgIpc) is 2.45. The van der Waals surface area contributed by atoms with Gasteiger partial charge in [-0.2, -0.15) is 0 Å². The summed E-state index contributed by atoms with van der Waals surface area (Å²) >= 11 is 2.10. The van der Waals surface area contributed by atoms with Crippen LogP contribution in [0.4, 0.5) is 0 Å². The fourth-order valence-corrected chi connectivity index (χ4v) is 2.57. The van der Waals surface area contributed by atoms with Gasteiger partial charge < -0.3 is 9.47 Å². The van der Waals surface area contributed by atoms with Gasteiger partial charge in [0.25, 0.3) is 0 Å². The van der Waals surface area contributed by atoms with Crippen molar-refractivity contribution >= 4 is 34.5 Å². The van der Waals surface area contributed by atoms with Crippen LogP contribution < -0.4 is 0 Å². The van der Waals surface area contributed by atoms with Gasteiger partial charge in [0.1, 0.15) is 9.53 Å². The molecule has 0 bridgehead atoms. The lowest BCUT2D eigenvalue weighted by molar-refractivity contribution is -0.139. The molecule has 0 heterocycles. The summed E-state index contributed by atoms with van der Waals surface area (Å²) < 4.78 is 9.91. The van der Waals surface area contributed by atoms with Crippen molar-refractivity contribution in [2.24, 2.45) is 0 Å². The van der Waals surface area contributed by atoms with E-state index in [4.69, 9.17) is 9.47 Å².